The van der Waals surface area contributed by atoms with Crippen LogP contribution in [-0.4, -0.2) is 12.0 Å². The monoisotopic (exact) mass is 401 g/mol. The van der Waals surface area contributed by atoms with Gasteiger partial charge >= 0.3 is 0 Å². The molecule has 0 radical (unpaired) electrons. The van der Waals surface area contributed by atoms with Crippen molar-refractivity contribution < 1.29 is 14.3 Å². The quantitative estimate of drug-likeness (QED) is 0.527. The van der Waals surface area contributed by atoms with E-state index in [-0.39, 0.29) is 17.9 Å². The molecule has 0 fully saturated rings. The molecule has 1 N–H and O–H groups in total. The predicted octanol–water partition coefficient (Wildman–Crippen LogP) is 6.30. The van der Waals surface area contributed by atoms with E-state index in [0.29, 0.717) is 12.2 Å². The summed E-state index contributed by atoms with van der Waals surface area (Å²) < 4.78 is 12.0. The number of anilines is 1. The zero-order valence-corrected chi connectivity index (χ0v) is 17.6. The second-order valence-electron chi connectivity index (χ2n) is 7.79. The molecule has 1 heterocycles. The Morgan fingerprint density at radius 1 is 0.967 bits per heavy atom. The molecule has 3 aromatic rings. The lowest BCUT2D eigenvalue weighted by molar-refractivity contribution is -0.116. The van der Waals surface area contributed by atoms with Gasteiger partial charge in [-0.1, -0.05) is 55.5 Å². The predicted molar refractivity (Wildman–Crippen MR) is 120 cm³/mol. The molecule has 0 aliphatic carbocycles. The maximum atomic E-state index is 13.2. The Morgan fingerprint density at radius 3 is 2.20 bits per heavy atom. The molecule has 1 aliphatic heterocycles. The summed E-state index contributed by atoms with van der Waals surface area (Å²) in [5.41, 5.74) is 3.91. The minimum absolute atomic E-state index is 0.0296. The molecule has 4 rings (SSSR count). The van der Waals surface area contributed by atoms with E-state index in [2.05, 4.69) is 12.2 Å². The number of amides is 1. The van der Waals surface area contributed by atoms with E-state index in [4.69, 9.17) is 9.47 Å². The van der Waals surface area contributed by atoms with Crippen LogP contribution in [-0.2, 0) is 11.2 Å². The van der Waals surface area contributed by atoms with Gasteiger partial charge in [0.1, 0.15) is 17.2 Å². The third-order valence-corrected chi connectivity index (χ3v) is 5.32. The molecule has 30 heavy (non-hydrogen) atoms. The van der Waals surface area contributed by atoms with E-state index in [1.807, 2.05) is 80.6 Å². The SMILES string of the molecule is CCc1cccc(OC(C)C)c1NC(=O)CC1c2ccccc2Oc2ccccc21. The molecule has 1 amide bonds. The van der Waals surface area contributed by atoms with Crippen LogP contribution in [0, 0.1) is 0 Å². The average molecular weight is 402 g/mol. The molecule has 4 nitrogen and oxygen atoms in total. The molecular formula is C26H27NO3. The Hall–Kier alpha value is -3.27. The van der Waals surface area contributed by atoms with Gasteiger partial charge in [0, 0.05) is 23.5 Å². The van der Waals surface area contributed by atoms with Gasteiger partial charge < -0.3 is 14.8 Å². The van der Waals surface area contributed by atoms with Crippen LogP contribution in [0.15, 0.2) is 66.7 Å². The Kier molecular flexibility index (Phi) is 5.75. The Labute approximate surface area is 177 Å². The van der Waals surface area contributed by atoms with Crippen molar-refractivity contribution >= 4 is 11.6 Å². The lowest BCUT2D eigenvalue weighted by atomic mass is 9.85. The lowest BCUT2D eigenvalue weighted by Gasteiger charge is -2.28. The van der Waals surface area contributed by atoms with Crippen molar-refractivity contribution in [3.8, 4) is 17.2 Å². The highest BCUT2D eigenvalue weighted by Crippen LogP contribution is 2.45. The van der Waals surface area contributed by atoms with Crippen LogP contribution < -0.4 is 14.8 Å². The van der Waals surface area contributed by atoms with Crippen LogP contribution in [0.2, 0.25) is 0 Å². The van der Waals surface area contributed by atoms with E-state index in [0.717, 1.165) is 40.3 Å². The van der Waals surface area contributed by atoms with Crippen LogP contribution >= 0.6 is 0 Å². The standard InChI is InChI=1S/C26H27NO3/c1-4-18-10-9-15-24(29-17(2)3)26(18)27-25(28)16-21-19-11-5-7-13-22(19)30-23-14-8-6-12-20(21)23/h5-15,17,21H,4,16H2,1-3H3,(H,27,28). The Balaban J connectivity index is 1.63. The number of para-hydroxylation sites is 3. The molecule has 0 spiro atoms. The van der Waals surface area contributed by atoms with Gasteiger partial charge in [-0.2, -0.15) is 0 Å². The molecule has 0 saturated carbocycles. The maximum Gasteiger partial charge on any atom is 0.225 e. The number of nitrogens with one attached hydrogen (secondary N) is 1. The molecule has 3 aromatic carbocycles. The first-order valence-corrected chi connectivity index (χ1v) is 10.5. The highest BCUT2D eigenvalue weighted by molar-refractivity contribution is 5.94. The van der Waals surface area contributed by atoms with Crippen molar-refractivity contribution in [2.45, 2.75) is 45.6 Å². The molecule has 0 saturated heterocycles. The van der Waals surface area contributed by atoms with Gasteiger partial charge in [-0.25, -0.2) is 0 Å². The van der Waals surface area contributed by atoms with Crippen molar-refractivity contribution in [3.63, 3.8) is 0 Å². The van der Waals surface area contributed by atoms with Crippen molar-refractivity contribution in [2.75, 3.05) is 5.32 Å². The van der Waals surface area contributed by atoms with Crippen molar-refractivity contribution in [3.05, 3.63) is 83.4 Å². The van der Waals surface area contributed by atoms with E-state index in [1.54, 1.807) is 0 Å². The molecular weight excluding hydrogens is 374 g/mol. The summed E-state index contributed by atoms with van der Waals surface area (Å²) in [4.78, 5) is 13.2. The number of fused-ring (bicyclic) bond motifs is 2. The first-order chi connectivity index (χ1) is 14.6. The Morgan fingerprint density at radius 2 is 1.60 bits per heavy atom. The normalized spacial score (nSPS) is 12.7. The number of hydrogen-bond acceptors (Lipinski definition) is 3. The van der Waals surface area contributed by atoms with Gasteiger partial charge in [0.25, 0.3) is 0 Å². The van der Waals surface area contributed by atoms with Crippen LogP contribution in [0.1, 0.15) is 49.8 Å². The van der Waals surface area contributed by atoms with Crippen molar-refractivity contribution in [2.24, 2.45) is 0 Å². The first kappa shape index (κ1) is 20.0. The summed E-state index contributed by atoms with van der Waals surface area (Å²) in [7, 11) is 0. The fourth-order valence-corrected chi connectivity index (χ4v) is 3.97. The zero-order chi connectivity index (χ0) is 21.1. The summed E-state index contributed by atoms with van der Waals surface area (Å²) in [6, 6.07) is 21.8. The summed E-state index contributed by atoms with van der Waals surface area (Å²) in [6.07, 6.45) is 1.17. The third kappa shape index (κ3) is 4.04. The van der Waals surface area contributed by atoms with Crippen molar-refractivity contribution in [1.82, 2.24) is 0 Å². The van der Waals surface area contributed by atoms with Crippen LogP contribution in [0.4, 0.5) is 5.69 Å². The van der Waals surface area contributed by atoms with Gasteiger partial charge in [-0.15, -0.1) is 0 Å². The fourth-order valence-electron chi connectivity index (χ4n) is 3.97. The van der Waals surface area contributed by atoms with Crippen LogP contribution in [0.5, 0.6) is 17.2 Å². The molecule has 0 unspecified atom stereocenters. The largest absolute Gasteiger partial charge is 0.489 e. The third-order valence-electron chi connectivity index (χ3n) is 5.32. The summed E-state index contributed by atoms with van der Waals surface area (Å²) in [5.74, 6) is 2.24. The summed E-state index contributed by atoms with van der Waals surface area (Å²) in [6.45, 7) is 6.05. The number of benzene rings is 3. The number of carbonyl (C=O) groups excluding carboxylic acids is 1. The molecule has 0 atom stereocenters. The van der Waals surface area contributed by atoms with Gasteiger partial charge in [-0.05, 0) is 44.0 Å². The Bertz CT molecular complexity index is 1010. The second-order valence-corrected chi connectivity index (χ2v) is 7.79. The molecule has 0 aromatic heterocycles. The minimum atomic E-state index is -0.0607. The number of ether oxygens (including phenoxy) is 2. The van der Waals surface area contributed by atoms with E-state index in [1.165, 1.54) is 0 Å². The molecule has 1 aliphatic rings. The molecule has 0 bridgehead atoms. The molecule has 4 heteroatoms. The maximum absolute atomic E-state index is 13.2. The summed E-state index contributed by atoms with van der Waals surface area (Å²) >= 11 is 0. The first-order valence-electron chi connectivity index (χ1n) is 10.5. The number of carbonyl (C=O) groups is 1. The van der Waals surface area contributed by atoms with Gasteiger partial charge in [0.15, 0.2) is 0 Å². The fraction of sp³-hybridized carbons (Fsp3) is 0.269. The van der Waals surface area contributed by atoms with E-state index >= 15 is 0 Å². The number of aryl methyl sites for hydroxylation is 1. The van der Waals surface area contributed by atoms with Gasteiger partial charge in [0.05, 0.1) is 11.8 Å². The highest BCUT2D eigenvalue weighted by atomic mass is 16.5. The average Bonchev–Trinajstić information content (AvgIpc) is 2.74. The van der Waals surface area contributed by atoms with E-state index in [9.17, 15) is 4.79 Å². The zero-order valence-electron chi connectivity index (χ0n) is 17.6. The summed E-state index contributed by atoms with van der Waals surface area (Å²) in [5, 5.41) is 3.14. The second kappa shape index (κ2) is 8.62. The van der Waals surface area contributed by atoms with E-state index < -0.39 is 0 Å². The van der Waals surface area contributed by atoms with Crippen LogP contribution in [0.25, 0.3) is 0 Å². The van der Waals surface area contributed by atoms with Crippen molar-refractivity contribution in [1.29, 1.82) is 0 Å². The lowest BCUT2D eigenvalue weighted by Crippen LogP contribution is -2.20. The number of hydrogen-bond donors (Lipinski definition) is 1. The smallest absolute Gasteiger partial charge is 0.225 e. The topological polar surface area (TPSA) is 47.6 Å². The molecule has 154 valence electrons. The van der Waals surface area contributed by atoms with Gasteiger partial charge in [-0.3, -0.25) is 4.79 Å². The highest BCUT2D eigenvalue weighted by Gasteiger charge is 2.29. The minimum Gasteiger partial charge on any atom is -0.489 e. The van der Waals surface area contributed by atoms with Crippen LogP contribution in [0.3, 0.4) is 0 Å². The number of rotatable bonds is 6. The van der Waals surface area contributed by atoms with Gasteiger partial charge in [0.2, 0.25) is 5.91 Å².